The predicted molar refractivity (Wildman–Crippen MR) is 105 cm³/mol. The molecular weight excluding hydrogens is 456 g/mol. The van der Waals surface area contributed by atoms with Gasteiger partial charge in [0.05, 0.1) is 35.3 Å². The Balaban J connectivity index is 2.39. The molecule has 29 heavy (non-hydrogen) atoms. The van der Waals surface area contributed by atoms with Gasteiger partial charge in [0, 0.05) is 5.02 Å². The Bertz CT molecular complexity index is 1030. The lowest BCUT2D eigenvalue weighted by atomic mass is 10.2. The molecule has 0 heterocycles. The first-order valence-electron chi connectivity index (χ1n) is 7.81. The van der Waals surface area contributed by atoms with Crippen molar-refractivity contribution in [2.45, 2.75) is 6.18 Å². The van der Waals surface area contributed by atoms with E-state index in [-0.39, 0.29) is 21.5 Å². The number of rotatable bonds is 6. The van der Waals surface area contributed by atoms with Crippen LogP contribution in [0.15, 0.2) is 36.4 Å². The van der Waals surface area contributed by atoms with Crippen LogP contribution >= 0.6 is 23.2 Å². The summed E-state index contributed by atoms with van der Waals surface area (Å²) in [6, 6.07) is 6.56. The number of anilines is 2. The van der Waals surface area contributed by atoms with Crippen LogP contribution in [0.5, 0.6) is 5.75 Å². The lowest BCUT2D eigenvalue weighted by Crippen LogP contribution is -2.37. The third kappa shape index (κ3) is 5.91. The van der Waals surface area contributed by atoms with E-state index in [0.29, 0.717) is 16.4 Å². The fraction of sp³-hybridized carbons (Fsp3) is 0.235. The van der Waals surface area contributed by atoms with Gasteiger partial charge in [0.15, 0.2) is 0 Å². The lowest BCUT2D eigenvalue weighted by molar-refractivity contribution is -0.137. The fourth-order valence-electron chi connectivity index (χ4n) is 2.36. The SMILES string of the molecule is COc1ccc(Cl)cc1NC(=O)CN(c1cc(C(F)(F)F)ccc1Cl)S(C)(=O)=O. The van der Waals surface area contributed by atoms with E-state index in [1.807, 2.05) is 0 Å². The van der Waals surface area contributed by atoms with E-state index >= 15 is 0 Å². The van der Waals surface area contributed by atoms with Crippen molar-refractivity contribution < 1.29 is 31.1 Å². The Morgan fingerprint density at radius 2 is 1.83 bits per heavy atom. The number of halogens is 5. The van der Waals surface area contributed by atoms with E-state index in [4.69, 9.17) is 27.9 Å². The second-order valence-corrected chi connectivity index (χ2v) is 8.58. The van der Waals surface area contributed by atoms with Crippen LogP contribution < -0.4 is 14.4 Å². The first-order valence-corrected chi connectivity index (χ1v) is 10.4. The van der Waals surface area contributed by atoms with Crippen LogP contribution in [0.2, 0.25) is 10.0 Å². The highest BCUT2D eigenvalue weighted by Gasteiger charge is 2.33. The molecule has 0 aliphatic carbocycles. The quantitative estimate of drug-likeness (QED) is 0.677. The number of ether oxygens (including phenoxy) is 1. The summed E-state index contributed by atoms with van der Waals surface area (Å²) in [5, 5.41) is 2.43. The van der Waals surface area contributed by atoms with Gasteiger partial charge >= 0.3 is 6.18 Å². The van der Waals surface area contributed by atoms with Gasteiger partial charge < -0.3 is 10.1 Å². The summed E-state index contributed by atoms with van der Waals surface area (Å²) in [5.41, 5.74) is -1.42. The molecule has 2 aromatic carbocycles. The lowest BCUT2D eigenvalue weighted by Gasteiger charge is -2.24. The molecule has 0 unspecified atom stereocenters. The Morgan fingerprint density at radius 3 is 2.38 bits per heavy atom. The molecule has 0 bridgehead atoms. The number of nitrogens with one attached hydrogen (secondary N) is 1. The Hall–Kier alpha value is -2.17. The minimum absolute atomic E-state index is 0.161. The van der Waals surface area contributed by atoms with Crippen LogP contribution in [0.1, 0.15) is 5.56 Å². The highest BCUT2D eigenvalue weighted by atomic mass is 35.5. The second kappa shape index (κ2) is 8.68. The smallest absolute Gasteiger partial charge is 0.416 e. The molecule has 0 aliphatic heterocycles. The van der Waals surface area contributed by atoms with Gasteiger partial charge in [-0.1, -0.05) is 23.2 Å². The number of nitrogens with zero attached hydrogens (tertiary/aromatic N) is 1. The standard InChI is InChI=1S/C17H15Cl2F3N2O4S/c1-28-15-6-4-11(18)8-13(15)23-16(25)9-24(29(2,26)27)14-7-10(17(20,21)22)3-5-12(14)19/h3-8H,9H2,1-2H3,(H,23,25). The normalized spacial score (nSPS) is 11.8. The highest BCUT2D eigenvalue weighted by molar-refractivity contribution is 7.92. The van der Waals surface area contributed by atoms with Crippen molar-refractivity contribution in [2.75, 3.05) is 29.5 Å². The molecular formula is C17H15Cl2F3N2O4S. The average Bonchev–Trinajstić information content (AvgIpc) is 2.58. The minimum Gasteiger partial charge on any atom is -0.495 e. The molecule has 2 aromatic rings. The van der Waals surface area contributed by atoms with Gasteiger partial charge in [0.25, 0.3) is 0 Å². The first-order chi connectivity index (χ1) is 13.3. The summed E-state index contributed by atoms with van der Waals surface area (Å²) in [7, 11) is -2.80. The van der Waals surface area contributed by atoms with E-state index in [1.54, 1.807) is 0 Å². The molecule has 12 heteroatoms. The van der Waals surface area contributed by atoms with E-state index in [2.05, 4.69) is 5.32 Å². The average molecular weight is 471 g/mol. The number of methoxy groups -OCH3 is 1. The van der Waals surface area contributed by atoms with Gasteiger partial charge in [0.1, 0.15) is 12.3 Å². The molecule has 0 radical (unpaired) electrons. The van der Waals surface area contributed by atoms with Gasteiger partial charge in [-0.05, 0) is 36.4 Å². The predicted octanol–water partition coefficient (Wildman–Crippen LogP) is 4.43. The topological polar surface area (TPSA) is 75.7 Å². The van der Waals surface area contributed by atoms with Crippen molar-refractivity contribution in [1.29, 1.82) is 0 Å². The number of alkyl halides is 3. The third-order valence-corrected chi connectivity index (χ3v) is 5.35. The van der Waals surface area contributed by atoms with Crippen molar-refractivity contribution >= 4 is 50.5 Å². The molecule has 0 saturated carbocycles. The summed E-state index contributed by atoms with van der Waals surface area (Å²) >= 11 is 11.8. The molecule has 1 amide bonds. The van der Waals surface area contributed by atoms with E-state index in [9.17, 15) is 26.4 Å². The van der Waals surface area contributed by atoms with Crippen molar-refractivity contribution in [3.05, 3.63) is 52.0 Å². The molecule has 0 aromatic heterocycles. The van der Waals surface area contributed by atoms with Gasteiger partial charge in [-0.25, -0.2) is 8.42 Å². The minimum atomic E-state index is -4.72. The molecule has 6 nitrogen and oxygen atoms in total. The highest BCUT2D eigenvalue weighted by Crippen LogP contribution is 2.36. The second-order valence-electron chi connectivity index (χ2n) is 5.83. The van der Waals surface area contributed by atoms with Crippen LogP contribution in [0.4, 0.5) is 24.5 Å². The Morgan fingerprint density at radius 1 is 1.17 bits per heavy atom. The molecule has 1 N–H and O–H groups in total. The first kappa shape index (κ1) is 23.1. The largest absolute Gasteiger partial charge is 0.495 e. The van der Waals surface area contributed by atoms with Crippen LogP contribution in [0.3, 0.4) is 0 Å². The fourth-order valence-corrected chi connectivity index (χ4v) is 3.66. The van der Waals surface area contributed by atoms with Crippen LogP contribution in [0.25, 0.3) is 0 Å². The number of sulfonamides is 1. The maximum absolute atomic E-state index is 13.0. The number of amides is 1. The maximum Gasteiger partial charge on any atom is 0.416 e. The zero-order chi connectivity index (χ0) is 22.0. The Kier molecular flexibility index (Phi) is 6.92. The molecule has 158 valence electrons. The summed E-state index contributed by atoms with van der Waals surface area (Å²) in [6.07, 6.45) is -3.98. The number of carbonyl (C=O) groups is 1. The van der Waals surface area contributed by atoms with Crippen LogP contribution in [0, 0.1) is 0 Å². The summed E-state index contributed by atoms with van der Waals surface area (Å²) in [5.74, 6) is -0.588. The van der Waals surface area contributed by atoms with Gasteiger partial charge in [-0.15, -0.1) is 0 Å². The van der Waals surface area contributed by atoms with E-state index in [0.717, 1.165) is 12.3 Å². The van der Waals surface area contributed by atoms with Crippen molar-refractivity contribution in [3.63, 3.8) is 0 Å². The zero-order valence-electron chi connectivity index (χ0n) is 15.0. The van der Waals surface area contributed by atoms with E-state index in [1.165, 1.54) is 25.3 Å². The van der Waals surface area contributed by atoms with E-state index < -0.39 is 39.9 Å². The van der Waals surface area contributed by atoms with Crippen molar-refractivity contribution in [2.24, 2.45) is 0 Å². The molecule has 0 saturated heterocycles. The van der Waals surface area contributed by atoms with Crippen LogP contribution in [-0.2, 0) is 21.0 Å². The number of hydrogen-bond donors (Lipinski definition) is 1. The third-order valence-electron chi connectivity index (χ3n) is 3.67. The molecule has 0 aliphatic rings. The number of benzene rings is 2. The summed E-state index contributed by atoms with van der Waals surface area (Å²) < 4.78 is 68.9. The molecule has 0 atom stereocenters. The summed E-state index contributed by atoms with van der Waals surface area (Å²) in [6.45, 7) is -0.824. The van der Waals surface area contributed by atoms with Crippen LogP contribution in [-0.4, -0.2) is 34.2 Å². The van der Waals surface area contributed by atoms with Crippen molar-refractivity contribution in [1.82, 2.24) is 0 Å². The Labute approximate surface area is 175 Å². The van der Waals surface area contributed by atoms with Gasteiger partial charge in [-0.2, -0.15) is 13.2 Å². The molecule has 0 spiro atoms. The number of hydrogen-bond acceptors (Lipinski definition) is 4. The summed E-state index contributed by atoms with van der Waals surface area (Å²) in [4.78, 5) is 12.4. The van der Waals surface area contributed by atoms with Gasteiger partial charge in [0.2, 0.25) is 15.9 Å². The molecule has 0 fully saturated rings. The monoisotopic (exact) mass is 470 g/mol. The van der Waals surface area contributed by atoms with Gasteiger partial charge in [-0.3, -0.25) is 9.10 Å². The molecule has 2 rings (SSSR count). The number of carbonyl (C=O) groups excluding carboxylic acids is 1. The zero-order valence-corrected chi connectivity index (χ0v) is 17.4. The maximum atomic E-state index is 13.0. The van der Waals surface area contributed by atoms with Crippen molar-refractivity contribution in [3.8, 4) is 5.75 Å².